The highest BCUT2D eigenvalue weighted by Crippen LogP contribution is 2.27. The molecule has 0 heterocycles. The standard InChI is InChI=1S/C16H28N2O/c1-6-17-14(4)15-10-8-9-11-16(15)18(7-2)13(3)12-19-5/h8-11,13-14,17H,6-7,12H2,1-5H3. The molecule has 2 unspecified atom stereocenters. The van der Waals surface area contributed by atoms with Gasteiger partial charge < -0.3 is 15.0 Å². The van der Waals surface area contributed by atoms with E-state index in [9.17, 15) is 0 Å². The number of para-hydroxylation sites is 1. The third-order valence-corrected chi connectivity index (χ3v) is 3.50. The van der Waals surface area contributed by atoms with E-state index in [1.165, 1.54) is 11.3 Å². The van der Waals surface area contributed by atoms with Crippen molar-refractivity contribution in [3.8, 4) is 0 Å². The van der Waals surface area contributed by atoms with Crippen molar-refractivity contribution in [1.29, 1.82) is 0 Å². The molecule has 1 rings (SSSR count). The summed E-state index contributed by atoms with van der Waals surface area (Å²) in [7, 11) is 1.76. The number of likely N-dealkylation sites (N-methyl/N-ethyl adjacent to an activating group) is 1. The second kappa shape index (κ2) is 8.18. The molecule has 19 heavy (non-hydrogen) atoms. The Morgan fingerprint density at radius 1 is 1.21 bits per heavy atom. The van der Waals surface area contributed by atoms with Gasteiger partial charge >= 0.3 is 0 Å². The third kappa shape index (κ3) is 4.22. The van der Waals surface area contributed by atoms with Crippen LogP contribution in [0.4, 0.5) is 5.69 Å². The van der Waals surface area contributed by atoms with Gasteiger partial charge in [-0.25, -0.2) is 0 Å². The molecule has 0 bridgehead atoms. The van der Waals surface area contributed by atoms with Crippen molar-refractivity contribution < 1.29 is 4.74 Å². The Balaban J connectivity index is 3.02. The van der Waals surface area contributed by atoms with Crippen LogP contribution < -0.4 is 10.2 Å². The number of hydrogen-bond donors (Lipinski definition) is 1. The summed E-state index contributed by atoms with van der Waals surface area (Å²) in [6.07, 6.45) is 0. The van der Waals surface area contributed by atoms with E-state index in [0.717, 1.165) is 19.7 Å². The van der Waals surface area contributed by atoms with E-state index in [4.69, 9.17) is 4.74 Å². The number of ether oxygens (including phenoxy) is 1. The molecule has 2 atom stereocenters. The summed E-state index contributed by atoms with van der Waals surface area (Å²) < 4.78 is 5.30. The summed E-state index contributed by atoms with van der Waals surface area (Å²) in [6, 6.07) is 9.39. The van der Waals surface area contributed by atoms with Crippen molar-refractivity contribution in [3.63, 3.8) is 0 Å². The van der Waals surface area contributed by atoms with E-state index in [2.05, 4.69) is 62.2 Å². The van der Waals surface area contributed by atoms with Crippen LogP contribution in [-0.4, -0.2) is 32.8 Å². The van der Waals surface area contributed by atoms with Crippen LogP contribution in [0.1, 0.15) is 39.3 Å². The zero-order valence-electron chi connectivity index (χ0n) is 12.9. The van der Waals surface area contributed by atoms with Crippen molar-refractivity contribution in [2.75, 3.05) is 31.7 Å². The molecule has 0 aliphatic heterocycles. The number of hydrogen-bond acceptors (Lipinski definition) is 3. The Morgan fingerprint density at radius 3 is 2.47 bits per heavy atom. The molecule has 3 nitrogen and oxygen atoms in total. The molecule has 0 saturated carbocycles. The van der Waals surface area contributed by atoms with Gasteiger partial charge in [-0.1, -0.05) is 25.1 Å². The number of anilines is 1. The van der Waals surface area contributed by atoms with Crippen LogP contribution in [-0.2, 0) is 4.74 Å². The summed E-state index contributed by atoms with van der Waals surface area (Å²) in [5.74, 6) is 0. The highest BCUT2D eigenvalue weighted by Gasteiger charge is 2.18. The second-order valence-electron chi connectivity index (χ2n) is 4.93. The number of nitrogens with one attached hydrogen (secondary N) is 1. The zero-order chi connectivity index (χ0) is 14.3. The first kappa shape index (κ1) is 16.0. The minimum absolute atomic E-state index is 0.366. The average molecular weight is 264 g/mol. The molecule has 0 aromatic heterocycles. The highest BCUT2D eigenvalue weighted by molar-refractivity contribution is 5.55. The molecule has 108 valence electrons. The lowest BCUT2D eigenvalue weighted by Gasteiger charge is -2.33. The molecule has 0 amide bonds. The molecule has 1 aromatic carbocycles. The summed E-state index contributed by atoms with van der Waals surface area (Å²) in [6.45, 7) is 11.5. The van der Waals surface area contributed by atoms with E-state index in [1.54, 1.807) is 7.11 Å². The van der Waals surface area contributed by atoms with Crippen LogP contribution in [0.3, 0.4) is 0 Å². The van der Waals surface area contributed by atoms with Gasteiger partial charge in [0.15, 0.2) is 0 Å². The highest BCUT2D eigenvalue weighted by atomic mass is 16.5. The van der Waals surface area contributed by atoms with E-state index < -0.39 is 0 Å². The van der Waals surface area contributed by atoms with Gasteiger partial charge in [-0.05, 0) is 38.9 Å². The Bertz CT molecular complexity index is 368. The third-order valence-electron chi connectivity index (χ3n) is 3.50. The van der Waals surface area contributed by atoms with Crippen LogP contribution in [0.25, 0.3) is 0 Å². The van der Waals surface area contributed by atoms with Gasteiger partial charge in [0.25, 0.3) is 0 Å². The largest absolute Gasteiger partial charge is 0.383 e. The SMILES string of the molecule is CCNC(C)c1ccccc1N(CC)C(C)COC. The number of benzene rings is 1. The normalized spacial score (nSPS) is 14.2. The summed E-state index contributed by atoms with van der Waals surface area (Å²) >= 11 is 0. The van der Waals surface area contributed by atoms with E-state index in [-0.39, 0.29) is 0 Å². The Hall–Kier alpha value is -1.06. The maximum atomic E-state index is 5.30. The molecule has 3 heteroatoms. The van der Waals surface area contributed by atoms with Gasteiger partial charge in [-0.2, -0.15) is 0 Å². The molecular formula is C16H28N2O. The van der Waals surface area contributed by atoms with Gasteiger partial charge in [-0.15, -0.1) is 0 Å². The quantitative estimate of drug-likeness (QED) is 0.780. The lowest BCUT2D eigenvalue weighted by Crippen LogP contribution is -2.37. The fourth-order valence-corrected chi connectivity index (χ4v) is 2.58. The monoisotopic (exact) mass is 264 g/mol. The first-order valence-electron chi connectivity index (χ1n) is 7.23. The van der Waals surface area contributed by atoms with E-state index >= 15 is 0 Å². The molecule has 0 saturated heterocycles. The number of methoxy groups -OCH3 is 1. The van der Waals surface area contributed by atoms with Crippen molar-refractivity contribution in [2.45, 2.75) is 39.8 Å². The first-order valence-corrected chi connectivity index (χ1v) is 7.23. The van der Waals surface area contributed by atoms with E-state index in [0.29, 0.717) is 12.1 Å². The van der Waals surface area contributed by atoms with Gasteiger partial charge in [0.2, 0.25) is 0 Å². The van der Waals surface area contributed by atoms with Crippen LogP contribution in [0, 0.1) is 0 Å². The van der Waals surface area contributed by atoms with Gasteiger partial charge in [-0.3, -0.25) is 0 Å². The van der Waals surface area contributed by atoms with Crippen LogP contribution in [0.2, 0.25) is 0 Å². The fraction of sp³-hybridized carbons (Fsp3) is 0.625. The minimum Gasteiger partial charge on any atom is -0.383 e. The Labute approximate surface area is 118 Å². The molecule has 1 aromatic rings. The van der Waals surface area contributed by atoms with Crippen LogP contribution in [0.5, 0.6) is 0 Å². The topological polar surface area (TPSA) is 24.5 Å². The van der Waals surface area contributed by atoms with E-state index in [1.807, 2.05) is 0 Å². The predicted octanol–water partition coefficient (Wildman–Crippen LogP) is 3.22. The predicted molar refractivity (Wildman–Crippen MR) is 82.9 cm³/mol. The maximum Gasteiger partial charge on any atom is 0.0663 e. The lowest BCUT2D eigenvalue weighted by molar-refractivity contribution is 0.182. The molecular weight excluding hydrogens is 236 g/mol. The smallest absolute Gasteiger partial charge is 0.0663 e. The van der Waals surface area contributed by atoms with Crippen molar-refractivity contribution in [2.24, 2.45) is 0 Å². The molecule has 0 spiro atoms. The van der Waals surface area contributed by atoms with Gasteiger partial charge in [0.05, 0.1) is 6.61 Å². The van der Waals surface area contributed by atoms with Gasteiger partial charge in [0.1, 0.15) is 0 Å². The van der Waals surface area contributed by atoms with Crippen molar-refractivity contribution in [1.82, 2.24) is 5.32 Å². The summed E-state index contributed by atoms with van der Waals surface area (Å²) in [5.41, 5.74) is 2.66. The first-order chi connectivity index (χ1) is 9.15. The molecule has 1 N–H and O–H groups in total. The number of nitrogens with zero attached hydrogens (tertiary/aromatic N) is 1. The maximum absolute atomic E-state index is 5.30. The molecule has 0 aliphatic rings. The Kier molecular flexibility index (Phi) is 6.89. The molecule has 0 radical (unpaired) electrons. The van der Waals surface area contributed by atoms with Crippen molar-refractivity contribution in [3.05, 3.63) is 29.8 Å². The van der Waals surface area contributed by atoms with Crippen molar-refractivity contribution >= 4 is 5.69 Å². The second-order valence-corrected chi connectivity index (χ2v) is 4.93. The molecule has 0 fully saturated rings. The lowest BCUT2D eigenvalue weighted by atomic mass is 10.0. The minimum atomic E-state index is 0.366. The molecule has 0 aliphatic carbocycles. The van der Waals surface area contributed by atoms with Crippen LogP contribution in [0.15, 0.2) is 24.3 Å². The summed E-state index contributed by atoms with van der Waals surface area (Å²) in [4.78, 5) is 2.41. The van der Waals surface area contributed by atoms with Gasteiger partial charge in [0, 0.05) is 31.4 Å². The fourth-order valence-electron chi connectivity index (χ4n) is 2.58. The number of rotatable bonds is 8. The summed E-state index contributed by atoms with van der Waals surface area (Å²) in [5, 5.41) is 3.49. The average Bonchev–Trinajstić information content (AvgIpc) is 2.41. The van der Waals surface area contributed by atoms with Crippen LogP contribution >= 0.6 is 0 Å². The Morgan fingerprint density at radius 2 is 1.89 bits per heavy atom. The zero-order valence-corrected chi connectivity index (χ0v) is 12.9.